The zero-order valence-corrected chi connectivity index (χ0v) is 12.0. The smallest absolute Gasteiger partial charge is 0.269 e. The van der Waals surface area contributed by atoms with Gasteiger partial charge in [-0.3, -0.25) is 14.9 Å². The third-order valence-electron chi connectivity index (χ3n) is 4.79. The van der Waals surface area contributed by atoms with Crippen molar-refractivity contribution in [1.29, 1.82) is 0 Å². The number of ketones is 1. The molecule has 0 bridgehead atoms. The summed E-state index contributed by atoms with van der Waals surface area (Å²) in [5.74, 6) is 1.11. The second-order valence-electron chi connectivity index (χ2n) is 6.07. The first-order chi connectivity index (χ1) is 10.1. The van der Waals surface area contributed by atoms with Crippen LogP contribution in [0, 0.1) is 22.0 Å². The second-order valence-corrected chi connectivity index (χ2v) is 6.07. The lowest BCUT2D eigenvalue weighted by Gasteiger charge is -2.15. The zero-order valence-electron chi connectivity index (χ0n) is 12.0. The van der Waals surface area contributed by atoms with Crippen LogP contribution in [0.15, 0.2) is 29.8 Å². The molecule has 3 rings (SSSR count). The van der Waals surface area contributed by atoms with Crippen LogP contribution in [0.4, 0.5) is 5.69 Å². The summed E-state index contributed by atoms with van der Waals surface area (Å²) in [4.78, 5) is 22.7. The molecule has 0 radical (unpaired) electrons. The minimum atomic E-state index is -0.409. The standard InChI is InChI=1S/C17H19NO3/c19-17-14(7-10-16(17)13-3-1-2-4-13)11-12-5-8-15(9-6-12)18(20)21/h5-6,8-9,11,13,16H,1-4,7,10H2/b14-11+. The number of benzene rings is 1. The maximum Gasteiger partial charge on any atom is 0.269 e. The van der Waals surface area contributed by atoms with Gasteiger partial charge < -0.3 is 0 Å². The van der Waals surface area contributed by atoms with Crippen LogP contribution >= 0.6 is 0 Å². The van der Waals surface area contributed by atoms with Crippen LogP contribution in [0.3, 0.4) is 0 Å². The summed E-state index contributed by atoms with van der Waals surface area (Å²) >= 11 is 0. The van der Waals surface area contributed by atoms with Crippen LogP contribution in [0.25, 0.3) is 6.08 Å². The number of nitro groups is 1. The van der Waals surface area contributed by atoms with Crippen molar-refractivity contribution >= 4 is 17.5 Å². The molecule has 2 aliphatic rings. The third kappa shape index (κ3) is 2.89. The molecule has 0 spiro atoms. The Kier molecular flexibility index (Phi) is 3.86. The molecule has 0 saturated heterocycles. The fourth-order valence-corrected chi connectivity index (χ4v) is 3.65. The number of hydrogen-bond acceptors (Lipinski definition) is 3. The van der Waals surface area contributed by atoms with E-state index in [4.69, 9.17) is 0 Å². The van der Waals surface area contributed by atoms with Gasteiger partial charge in [-0.1, -0.05) is 12.8 Å². The third-order valence-corrected chi connectivity index (χ3v) is 4.79. The first-order valence-corrected chi connectivity index (χ1v) is 7.64. The normalized spacial score (nSPS) is 24.9. The zero-order chi connectivity index (χ0) is 14.8. The van der Waals surface area contributed by atoms with Gasteiger partial charge in [0.1, 0.15) is 0 Å². The molecule has 0 aliphatic heterocycles. The highest BCUT2D eigenvalue weighted by Crippen LogP contribution is 2.40. The summed E-state index contributed by atoms with van der Waals surface area (Å²) in [6, 6.07) is 6.39. The number of nitrogens with zero attached hydrogens (tertiary/aromatic N) is 1. The number of allylic oxidation sites excluding steroid dienone is 1. The number of carbonyl (C=O) groups is 1. The van der Waals surface area contributed by atoms with Gasteiger partial charge in [-0.15, -0.1) is 0 Å². The average Bonchev–Trinajstić information content (AvgIpc) is 3.10. The number of carbonyl (C=O) groups excluding carboxylic acids is 1. The van der Waals surface area contributed by atoms with Crippen LogP contribution in [0.5, 0.6) is 0 Å². The van der Waals surface area contributed by atoms with Crippen LogP contribution in [0.2, 0.25) is 0 Å². The topological polar surface area (TPSA) is 60.2 Å². The van der Waals surface area contributed by atoms with Gasteiger partial charge in [-0.05, 0) is 60.9 Å². The van der Waals surface area contributed by atoms with Gasteiger partial charge in [-0.25, -0.2) is 0 Å². The maximum absolute atomic E-state index is 12.5. The first-order valence-electron chi connectivity index (χ1n) is 7.64. The van der Waals surface area contributed by atoms with Gasteiger partial charge in [0.05, 0.1) is 4.92 Å². The summed E-state index contributed by atoms with van der Waals surface area (Å²) in [5.41, 5.74) is 1.84. The Hall–Kier alpha value is -1.97. The van der Waals surface area contributed by atoms with Crippen LogP contribution in [-0.4, -0.2) is 10.7 Å². The quantitative estimate of drug-likeness (QED) is 0.476. The second kappa shape index (κ2) is 5.80. The van der Waals surface area contributed by atoms with Crippen molar-refractivity contribution in [2.24, 2.45) is 11.8 Å². The molecule has 1 atom stereocenters. The van der Waals surface area contributed by atoms with E-state index in [0.29, 0.717) is 11.7 Å². The Bertz CT molecular complexity index is 583. The molecule has 110 valence electrons. The highest BCUT2D eigenvalue weighted by molar-refractivity contribution is 6.03. The summed E-state index contributed by atoms with van der Waals surface area (Å²) < 4.78 is 0. The largest absolute Gasteiger partial charge is 0.294 e. The van der Waals surface area contributed by atoms with E-state index in [0.717, 1.165) is 24.0 Å². The first kappa shape index (κ1) is 14.0. The molecule has 2 fully saturated rings. The van der Waals surface area contributed by atoms with Crippen molar-refractivity contribution in [3.05, 3.63) is 45.5 Å². The fraction of sp³-hybridized carbons (Fsp3) is 0.471. The van der Waals surface area contributed by atoms with Gasteiger partial charge in [0.2, 0.25) is 0 Å². The van der Waals surface area contributed by atoms with Crippen LogP contribution in [-0.2, 0) is 4.79 Å². The van der Waals surface area contributed by atoms with E-state index in [2.05, 4.69) is 0 Å². The molecule has 1 aromatic rings. The minimum absolute atomic E-state index is 0.0822. The molecule has 1 aromatic carbocycles. The molecular formula is C17H19NO3. The van der Waals surface area contributed by atoms with Crippen molar-refractivity contribution in [3.8, 4) is 0 Å². The summed E-state index contributed by atoms with van der Waals surface area (Å²) in [6.07, 6.45) is 8.63. The van der Waals surface area contributed by atoms with Crippen LogP contribution < -0.4 is 0 Å². The van der Waals surface area contributed by atoms with Crippen molar-refractivity contribution in [1.82, 2.24) is 0 Å². The number of hydrogen-bond donors (Lipinski definition) is 0. The predicted molar refractivity (Wildman–Crippen MR) is 80.8 cm³/mol. The Morgan fingerprint density at radius 1 is 1.10 bits per heavy atom. The van der Waals surface area contributed by atoms with E-state index in [1.54, 1.807) is 12.1 Å². The van der Waals surface area contributed by atoms with E-state index in [1.807, 2.05) is 6.08 Å². The van der Waals surface area contributed by atoms with Crippen LogP contribution in [0.1, 0.15) is 44.1 Å². The van der Waals surface area contributed by atoms with E-state index < -0.39 is 4.92 Å². The molecule has 0 amide bonds. The Balaban J connectivity index is 1.74. The van der Waals surface area contributed by atoms with E-state index in [-0.39, 0.29) is 11.6 Å². The number of nitro benzene ring substituents is 1. The van der Waals surface area contributed by atoms with Gasteiger partial charge in [0, 0.05) is 18.1 Å². The molecule has 0 N–H and O–H groups in total. The number of rotatable bonds is 3. The molecular weight excluding hydrogens is 266 g/mol. The van der Waals surface area contributed by atoms with Crippen molar-refractivity contribution in [2.45, 2.75) is 38.5 Å². The Labute approximate surface area is 124 Å². The summed E-state index contributed by atoms with van der Waals surface area (Å²) in [6.45, 7) is 0. The highest BCUT2D eigenvalue weighted by atomic mass is 16.6. The predicted octanol–water partition coefficient (Wildman–Crippen LogP) is 4.15. The molecule has 0 aromatic heterocycles. The van der Waals surface area contributed by atoms with E-state index in [1.165, 1.54) is 37.8 Å². The molecule has 4 heteroatoms. The highest BCUT2D eigenvalue weighted by Gasteiger charge is 2.36. The van der Waals surface area contributed by atoms with Crippen molar-refractivity contribution in [2.75, 3.05) is 0 Å². The molecule has 4 nitrogen and oxygen atoms in total. The molecule has 2 aliphatic carbocycles. The molecule has 0 heterocycles. The van der Waals surface area contributed by atoms with Crippen molar-refractivity contribution in [3.63, 3.8) is 0 Å². The summed E-state index contributed by atoms with van der Waals surface area (Å²) in [7, 11) is 0. The van der Waals surface area contributed by atoms with Gasteiger partial charge in [0.15, 0.2) is 5.78 Å². The lowest BCUT2D eigenvalue weighted by atomic mass is 9.88. The van der Waals surface area contributed by atoms with Gasteiger partial charge in [-0.2, -0.15) is 0 Å². The Morgan fingerprint density at radius 2 is 1.76 bits per heavy atom. The van der Waals surface area contributed by atoms with E-state index in [9.17, 15) is 14.9 Å². The monoisotopic (exact) mass is 285 g/mol. The molecule has 21 heavy (non-hydrogen) atoms. The summed E-state index contributed by atoms with van der Waals surface area (Å²) in [5, 5.41) is 10.6. The van der Waals surface area contributed by atoms with E-state index >= 15 is 0 Å². The minimum Gasteiger partial charge on any atom is -0.294 e. The SMILES string of the molecule is O=C1/C(=C/c2ccc([N+](=O)[O-])cc2)CCC1C1CCCC1. The van der Waals surface area contributed by atoms with Gasteiger partial charge in [0.25, 0.3) is 5.69 Å². The molecule has 1 unspecified atom stereocenters. The fourth-order valence-electron chi connectivity index (χ4n) is 3.65. The van der Waals surface area contributed by atoms with Gasteiger partial charge >= 0.3 is 0 Å². The van der Waals surface area contributed by atoms with Crippen molar-refractivity contribution < 1.29 is 9.72 Å². The Morgan fingerprint density at radius 3 is 2.38 bits per heavy atom. The number of Topliss-reactive ketones (excluding diaryl/α,β-unsaturated/α-hetero) is 1. The lowest BCUT2D eigenvalue weighted by Crippen LogP contribution is -2.16. The molecule has 2 saturated carbocycles. The lowest BCUT2D eigenvalue weighted by molar-refractivity contribution is -0.384. The average molecular weight is 285 g/mol. The number of non-ortho nitro benzene ring substituents is 1. The maximum atomic E-state index is 12.5.